The molecule has 9 heteroatoms. The highest BCUT2D eigenvalue weighted by atomic mass is 32.2. The van der Waals surface area contributed by atoms with Gasteiger partial charge in [0.05, 0.1) is 17.6 Å². The van der Waals surface area contributed by atoms with Gasteiger partial charge in [0.25, 0.3) is 0 Å². The Balaban J connectivity index is 1.57. The monoisotopic (exact) mass is 397 g/mol. The van der Waals surface area contributed by atoms with E-state index in [4.69, 9.17) is 0 Å². The second kappa shape index (κ2) is 7.71. The zero-order chi connectivity index (χ0) is 19.8. The minimum absolute atomic E-state index is 0.0669. The van der Waals surface area contributed by atoms with E-state index >= 15 is 0 Å². The van der Waals surface area contributed by atoms with Crippen molar-refractivity contribution in [2.75, 3.05) is 18.8 Å². The molecule has 0 bridgehead atoms. The molecule has 2 aliphatic heterocycles. The molecular formula is C18H27N3O5S. The molecule has 3 atom stereocenters. The number of rotatable bonds is 5. The van der Waals surface area contributed by atoms with E-state index in [1.165, 1.54) is 4.31 Å². The van der Waals surface area contributed by atoms with Crippen molar-refractivity contribution in [2.45, 2.75) is 51.6 Å². The molecule has 0 aromatic heterocycles. The lowest BCUT2D eigenvalue weighted by Crippen LogP contribution is -2.53. The van der Waals surface area contributed by atoms with Crippen molar-refractivity contribution in [3.63, 3.8) is 0 Å². The van der Waals surface area contributed by atoms with Gasteiger partial charge in [-0.15, -0.1) is 0 Å². The highest BCUT2D eigenvalue weighted by Crippen LogP contribution is 2.36. The minimum atomic E-state index is -3.21. The van der Waals surface area contributed by atoms with E-state index in [0.29, 0.717) is 38.8 Å². The second-order valence-electron chi connectivity index (χ2n) is 7.46. The molecule has 0 radical (unpaired) electrons. The Morgan fingerprint density at radius 1 is 1.15 bits per heavy atom. The fourth-order valence-electron chi connectivity index (χ4n) is 4.11. The van der Waals surface area contributed by atoms with E-state index in [2.05, 4.69) is 5.32 Å². The standard InChI is InChI=1S/C18H27N3O5S/c1-3-27(25,26)20-10-8-13(9-11-20)19-16(22)12(2)21-17(23)14-6-4-5-7-15(14)18(21)24/h4-5,12-15H,3,6-11H2,1-2H3,(H,19,22)/t12-,14-,15+/m0/s1. The molecule has 3 rings (SSSR count). The Morgan fingerprint density at radius 2 is 1.67 bits per heavy atom. The number of carbonyl (C=O) groups is 3. The van der Waals surface area contributed by atoms with E-state index in [9.17, 15) is 22.8 Å². The largest absolute Gasteiger partial charge is 0.351 e. The van der Waals surface area contributed by atoms with E-state index in [0.717, 1.165) is 4.90 Å². The summed E-state index contributed by atoms with van der Waals surface area (Å²) in [7, 11) is -3.21. The molecule has 0 aromatic rings. The number of hydrogen-bond donors (Lipinski definition) is 1. The summed E-state index contributed by atoms with van der Waals surface area (Å²) >= 11 is 0. The summed E-state index contributed by atoms with van der Waals surface area (Å²) in [5, 5.41) is 2.89. The van der Waals surface area contributed by atoms with Crippen LogP contribution in [-0.2, 0) is 24.4 Å². The molecule has 0 spiro atoms. The summed E-state index contributed by atoms with van der Waals surface area (Å²) in [5.41, 5.74) is 0. The maximum Gasteiger partial charge on any atom is 0.243 e. The number of hydrogen-bond acceptors (Lipinski definition) is 5. The van der Waals surface area contributed by atoms with Crippen LogP contribution in [0, 0.1) is 11.8 Å². The van der Waals surface area contributed by atoms with Crippen LogP contribution in [0.25, 0.3) is 0 Å². The smallest absolute Gasteiger partial charge is 0.243 e. The first-order chi connectivity index (χ1) is 12.8. The van der Waals surface area contributed by atoms with Crippen LogP contribution in [0.2, 0.25) is 0 Å². The van der Waals surface area contributed by atoms with Crippen molar-refractivity contribution in [2.24, 2.45) is 11.8 Å². The fraction of sp³-hybridized carbons (Fsp3) is 0.722. The van der Waals surface area contributed by atoms with Crippen LogP contribution < -0.4 is 5.32 Å². The third kappa shape index (κ3) is 3.80. The minimum Gasteiger partial charge on any atom is -0.351 e. The van der Waals surface area contributed by atoms with Crippen molar-refractivity contribution in [3.05, 3.63) is 12.2 Å². The summed E-state index contributed by atoms with van der Waals surface area (Å²) in [6, 6.07) is -1.01. The third-order valence-electron chi connectivity index (χ3n) is 5.87. The molecule has 3 amide bonds. The zero-order valence-electron chi connectivity index (χ0n) is 15.8. The third-order valence-corrected chi connectivity index (χ3v) is 7.75. The molecule has 0 saturated carbocycles. The van der Waals surface area contributed by atoms with E-state index in [1.807, 2.05) is 12.2 Å². The van der Waals surface area contributed by atoms with E-state index < -0.39 is 16.1 Å². The van der Waals surface area contributed by atoms with Gasteiger partial charge in [0, 0.05) is 19.1 Å². The number of amides is 3. The topological polar surface area (TPSA) is 104 Å². The van der Waals surface area contributed by atoms with Gasteiger partial charge in [-0.25, -0.2) is 12.7 Å². The van der Waals surface area contributed by atoms with Crippen molar-refractivity contribution < 1.29 is 22.8 Å². The molecule has 150 valence electrons. The normalized spacial score (nSPS) is 28.3. The molecule has 2 heterocycles. The van der Waals surface area contributed by atoms with Crippen LogP contribution in [0.5, 0.6) is 0 Å². The summed E-state index contributed by atoms with van der Waals surface area (Å²) in [6.07, 6.45) is 5.97. The Bertz CT molecular complexity index is 729. The van der Waals surface area contributed by atoms with Crippen LogP contribution in [0.15, 0.2) is 12.2 Å². The lowest BCUT2D eigenvalue weighted by atomic mass is 9.85. The molecule has 3 aliphatic rings. The quantitative estimate of drug-likeness (QED) is 0.529. The van der Waals surface area contributed by atoms with Gasteiger partial charge in [0.15, 0.2) is 0 Å². The van der Waals surface area contributed by atoms with Crippen molar-refractivity contribution >= 4 is 27.7 Å². The number of nitrogens with zero attached hydrogens (tertiary/aromatic N) is 2. The number of imide groups is 1. The second-order valence-corrected chi connectivity index (χ2v) is 9.72. The number of sulfonamides is 1. The van der Waals surface area contributed by atoms with Crippen LogP contribution in [-0.4, -0.2) is 66.3 Å². The lowest BCUT2D eigenvalue weighted by molar-refractivity contribution is -0.147. The van der Waals surface area contributed by atoms with Crippen LogP contribution in [0.3, 0.4) is 0 Å². The Kier molecular flexibility index (Phi) is 5.71. The molecule has 1 N–H and O–H groups in total. The molecular weight excluding hydrogens is 370 g/mol. The number of nitrogens with one attached hydrogen (secondary N) is 1. The SMILES string of the molecule is CCS(=O)(=O)N1CCC(NC(=O)[C@H](C)N2C(=O)[C@H]3CC=CC[C@H]3C2=O)CC1. The predicted octanol–water partition coefficient (Wildman–Crippen LogP) is 0.256. The first-order valence-electron chi connectivity index (χ1n) is 9.56. The zero-order valence-corrected chi connectivity index (χ0v) is 16.6. The van der Waals surface area contributed by atoms with Crippen molar-refractivity contribution in [1.29, 1.82) is 0 Å². The van der Waals surface area contributed by atoms with Gasteiger partial charge in [-0.1, -0.05) is 12.2 Å². The van der Waals surface area contributed by atoms with Crippen LogP contribution in [0.1, 0.15) is 39.5 Å². The summed E-state index contributed by atoms with van der Waals surface area (Å²) < 4.78 is 25.3. The number of fused-ring (bicyclic) bond motifs is 1. The van der Waals surface area contributed by atoms with E-state index in [1.54, 1.807) is 13.8 Å². The number of piperidine rings is 1. The average molecular weight is 397 g/mol. The van der Waals surface area contributed by atoms with Gasteiger partial charge in [-0.2, -0.15) is 0 Å². The Labute approximate surface area is 160 Å². The predicted molar refractivity (Wildman–Crippen MR) is 98.9 cm³/mol. The van der Waals surface area contributed by atoms with Gasteiger partial charge < -0.3 is 5.32 Å². The number of allylic oxidation sites excluding steroid dienone is 2. The Morgan fingerprint density at radius 3 is 2.15 bits per heavy atom. The fourth-order valence-corrected chi connectivity index (χ4v) is 5.24. The maximum atomic E-state index is 12.6. The molecule has 2 fully saturated rings. The highest BCUT2D eigenvalue weighted by molar-refractivity contribution is 7.89. The maximum absolute atomic E-state index is 12.6. The first-order valence-corrected chi connectivity index (χ1v) is 11.2. The number of likely N-dealkylation sites (tertiary alicyclic amines) is 1. The van der Waals surface area contributed by atoms with Gasteiger partial charge in [0.1, 0.15) is 6.04 Å². The van der Waals surface area contributed by atoms with Gasteiger partial charge in [-0.05, 0) is 39.5 Å². The number of carbonyl (C=O) groups excluding carboxylic acids is 3. The van der Waals surface area contributed by atoms with Gasteiger partial charge in [0.2, 0.25) is 27.7 Å². The molecule has 0 aromatic carbocycles. The van der Waals surface area contributed by atoms with Crippen LogP contribution in [0.4, 0.5) is 0 Å². The average Bonchev–Trinajstić information content (AvgIpc) is 2.92. The molecule has 27 heavy (non-hydrogen) atoms. The van der Waals surface area contributed by atoms with Crippen molar-refractivity contribution in [3.8, 4) is 0 Å². The summed E-state index contributed by atoms with van der Waals surface area (Å²) in [5.74, 6) is -1.51. The molecule has 2 saturated heterocycles. The van der Waals surface area contributed by atoms with Crippen LogP contribution >= 0.6 is 0 Å². The Hall–Kier alpha value is -1.74. The first kappa shape index (κ1) is 20.0. The van der Waals surface area contributed by atoms with Gasteiger partial charge in [-0.3, -0.25) is 19.3 Å². The lowest BCUT2D eigenvalue weighted by Gasteiger charge is -2.32. The van der Waals surface area contributed by atoms with E-state index in [-0.39, 0.29) is 41.4 Å². The molecule has 0 unspecified atom stereocenters. The summed E-state index contributed by atoms with van der Waals surface area (Å²) in [6.45, 7) is 3.93. The van der Waals surface area contributed by atoms with Gasteiger partial charge >= 0.3 is 0 Å². The molecule has 1 aliphatic carbocycles. The summed E-state index contributed by atoms with van der Waals surface area (Å²) in [4.78, 5) is 38.9. The highest BCUT2D eigenvalue weighted by Gasteiger charge is 2.50. The van der Waals surface area contributed by atoms with Crippen molar-refractivity contribution in [1.82, 2.24) is 14.5 Å². The molecule has 8 nitrogen and oxygen atoms in total.